The molecular weight excluding hydrogens is 240 g/mol. The standard InChI is InChI=1S/C15H20N2O2/c1-19-12-9-16-8-4-10-17-11-7-13-5-2-3-6-14(13)15(17)18/h2-3,5-7,11,16H,4,8-10,12H2,1H3. The smallest absolute Gasteiger partial charge is 0.258 e. The molecular formula is C15H20N2O2. The van der Waals surface area contributed by atoms with Gasteiger partial charge in [0, 0.05) is 31.8 Å². The van der Waals surface area contributed by atoms with Gasteiger partial charge in [-0.25, -0.2) is 0 Å². The van der Waals surface area contributed by atoms with E-state index in [0.717, 1.165) is 43.4 Å². The van der Waals surface area contributed by atoms with E-state index in [9.17, 15) is 4.79 Å². The van der Waals surface area contributed by atoms with Crippen LogP contribution in [0.1, 0.15) is 6.42 Å². The highest BCUT2D eigenvalue weighted by molar-refractivity contribution is 5.81. The molecule has 1 aromatic carbocycles. The lowest BCUT2D eigenvalue weighted by Gasteiger charge is -2.08. The van der Waals surface area contributed by atoms with Crippen LogP contribution in [0.15, 0.2) is 41.3 Å². The van der Waals surface area contributed by atoms with Crippen LogP contribution in [-0.4, -0.2) is 31.4 Å². The predicted octanol–water partition coefficient (Wildman–Crippen LogP) is 1.63. The summed E-state index contributed by atoms with van der Waals surface area (Å²) in [5, 5.41) is 5.06. The first-order valence-corrected chi connectivity index (χ1v) is 6.61. The summed E-state index contributed by atoms with van der Waals surface area (Å²) in [4.78, 5) is 12.2. The van der Waals surface area contributed by atoms with Crippen molar-refractivity contribution >= 4 is 10.8 Å². The lowest BCUT2D eigenvalue weighted by Crippen LogP contribution is -2.24. The number of benzene rings is 1. The van der Waals surface area contributed by atoms with Crippen molar-refractivity contribution in [2.45, 2.75) is 13.0 Å². The average Bonchev–Trinajstić information content (AvgIpc) is 2.45. The second kappa shape index (κ2) is 7.07. The van der Waals surface area contributed by atoms with Crippen LogP contribution >= 0.6 is 0 Å². The van der Waals surface area contributed by atoms with E-state index in [1.54, 1.807) is 11.7 Å². The maximum Gasteiger partial charge on any atom is 0.258 e. The molecule has 2 rings (SSSR count). The van der Waals surface area contributed by atoms with Gasteiger partial charge in [-0.05, 0) is 30.5 Å². The summed E-state index contributed by atoms with van der Waals surface area (Å²) in [6.07, 6.45) is 2.81. The van der Waals surface area contributed by atoms with Gasteiger partial charge in [0.1, 0.15) is 0 Å². The van der Waals surface area contributed by atoms with Crippen LogP contribution in [-0.2, 0) is 11.3 Å². The van der Waals surface area contributed by atoms with Gasteiger partial charge >= 0.3 is 0 Å². The molecule has 1 heterocycles. The average molecular weight is 260 g/mol. The zero-order valence-corrected chi connectivity index (χ0v) is 11.3. The fourth-order valence-electron chi connectivity index (χ4n) is 2.08. The Kier molecular flexibility index (Phi) is 5.12. The molecule has 0 aliphatic carbocycles. The minimum atomic E-state index is 0.0926. The predicted molar refractivity (Wildman–Crippen MR) is 77.6 cm³/mol. The largest absolute Gasteiger partial charge is 0.383 e. The van der Waals surface area contributed by atoms with Crippen molar-refractivity contribution in [2.75, 3.05) is 26.8 Å². The third-order valence-electron chi connectivity index (χ3n) is 3.12. The van der Waals surface area contributed by atoms with Crippen LogP contribution in [0.25, 0.3) is 10.8 Å². The third-order valence-corrected chi connectivity index (χ3v) is 3.12. The lowest BCUT2D eigenvalue weighted by molar-refractivity contribution is 0.199. The van der Waals surface area contributed by atoms with E-state index in [1.165, 1.54) is 0 Å². The Morgan fingerprint density at radius 2 is 2.05 bits per heavy atom. The van der Waals surface area contributed by atoms with Gasteiger partial charge in [-0.3, -0.25) is 4.79 Å². The number of hydrogen-bond acceptors (Lipinski definition) is 3. The number of methoxy groups -OCH3 is 1. The number of aryl methyl sites for hydroxylation is 1. The highest BCUT2D eigenvalue weighted by Crippen LogP contribution is 2.07. The summed E-state index contributed by atoms with van der Waals surface area (Å²) in [5.74, 6) is 0. The third kappa shape index (κ3) is 3.66. The van der Waals surface area contributed by atoms with Crippen LogP contribution in [0.2, 0.25) is 0 Å². The maximum atomic E-state index is 12.2. The molecule has 0 bridgehead atoms. The van der Waals surface area contributed by atoms with Crippen molar-refractivity contribution in [2.24, 2.45) is 0 Å². The molecule has 0 fully saturated rings. The molecule has 0 aliphatic heterocycles. The monoisotopic (exact) mass is 260 g/mol. The minimum Gasteiger partial charge on any atom is -0.383 e. The first kappa shape index (κ1) is 13.8. The number of rotatable bonds is 7. The summed E-state index contributed by atoms with van der Waals surface area (Å²) in [7, 11) is 1.69. The number of nitrogens with one attached hydrogen (secondary N) is 1. The van der Waals surface area contributed by atoms with E-state index in [-0.39, 0.29) is 5.56 Å². The van der Waals surface area contributed by atoms with E-state index < -0.39 is 0 Å². The first-order chi connectivity index (χ1) is 9.33. The molecule has 0 atom stereocenters. The Balaban J connectivity index is 1.94. The summed E-state index contributed by atoms with van der Waals surface area (Å²) in [6.45, 7) is 3.20. The second-order valence-corrected chi connectivity index (χ2v) is 4.50. The van der Waals surface area contributed by atoms with Crippen molar-refractivity contribution in [3.8, 4) is 0 Å². The Hall–Kier alpha value is -1.65. The van der Waals surface area contributed by atoms with Crippen molar-refractivity contribution in [3.05, 3.63) is 46.9 Å². The van der Waals surface area contributed by atoms with Gasteiger partial charge in [0.15, 0.2) is 0 Å². The maximum absolute atomic E-state index is 12.2. The summed E-state index contributed by atoms with van der Waals surface area (Å²) in [6, 6.07) is 9.69. The fraction of sp³-hybridized carbons (Fsp3) is 0.400. The molecule has 2 aromatic rings. The van der Waals surface area contributed by atoms with Gasteiger partial charge in [-0.15, -0.1) is 0 Å². The van der Waals surface area contributed by atoms with E-state index in [0.29, 0.717) is 0 Å². The zero-order valence-electron chi connectivity index (χ0n) is 11.3. The Morgan fingerprint density at radius 3 is 2.89 bits per heavy atom. The molecule has 0 amide bonds. The summed E-state index contributed by atoms with van der Waals surface area (Å²) in [5.41, 5.74) is 0.0926. The van der Waals surface area contributed by atoms with Crippen LogP contribution < -0.4 is 10.9 Å². The molecule has 0 saturated carbocycles. The summed E-state index contributed by atoms with van der Waals surface area (Å²) >= 11 is 0. The Morgan fingerprint density at radius 1 is 1.21 bits per heavy atom. The topological polar surface area (TPSA) is 43.3 Å². The molecule has 4 nitrogen and oxygen atoms in total. The summed E-state index contributed by atoms with van der Waals surface area (Å²) < 4.78 is 6.73. The van der Waals surface area contributed by atoms with Crippen LogP contribution in [0, 0.1) is 0 Å². The van der Waals surface area contributed by atoms with E-state index in [4.69, 9.17) is 4.74 Å². The fourth-order valence-corrected chi connectivity index (χ4v) is 2.08. The van der Waals surface area contributed by atoms with Crippen molar-refractivity contribution in [1.29, 1.82) is 0 Å². The molecule has 1 N–H and O–H groups in total. The number of fused-ring (bicyclic) bond motifs is 1. The molecule has 0 saturated heterocycles. The molecule has 0 spiro atoms. The number of ether oxygens (including phenoxy) is 1. The number of nitrogens with zero attached hydrogens (tertiary/aromatic N) is 1. The first-order valence-electron chi connectivity index (χ1n) is 6.61. The zero-order chi connectivity index (χ0) is 13.5. The molecule has 0 aliphatic rings. The van der Waals surface area contributed by atoms with Crippen molar-refractivity contribution < 1.29 is 4.74 Å². The van der Waals surface area contributed by atoms with Gasteiger partial charge < -0.3 is 14.6 Å². The molecule has 1 aromatic heterocycles. The van der Waals surface area contributed by atoms with Crippen LogP contribution in [0.5, 0.6) is 0 Å². The van der Waals surface area contributed by atoms with Gasteiger partial charge in [-0.1, -0.05) is 18.2 Å². The molecule has 4 heteroatoms. The van der Waals surface area contributed by atoms with E-state index >= 15 is 0 Å². The number of aromatic nitrogens is 1. The van der Waals surface area contributed by atoms with Crippen molar-refractivity contribution in [1.82, 2.24) is 9.88 Å². The van der Waals surface area contributed by atoms with Crippen molar-refractivity contribution in [3.63, 3.8) is 0 Å². The normalized spacial score (nSPS) is 11.0. The molecule has 0 radical (unpaired) electrons. The molecule has 19 heavy (non-hydrogen) atoms. The lowest BCUT2D eigenvalue weighted by atomic mass is 10.2. The highest BCUT2D eigenvalue weighted by atomic mass is 16.5. The Bertz CT molecular complexity index is 578. The van der Waals surface area contributed by atoms with Crippen LogP contribution in [0.3, 0.4) is 0 Å². The van der Waals surface area contributed by atoms with E-state index in [1.807, 2.05) is 36.5 Å². The molecule has 102 valence electrons. The number of hydrogen-bond donors (Lipinski definition) is 1. The second-order valence-electron chi connectivity index (χ2n) is 4.50. The number of pyridine rings is 1. The quantitative estimate of drug-likeness (QED) is 0.769. The van der Waals surface area contributed by atoms with Gasteiger partial charge in [-0.2, -0.15) is 0 Å². The van der Waals surface area contributed by atoms with Gasteiger partial charge in [0.2, 0.25) is 0 Å². The molecule has 0 unspecified atom stereocenters. The van der Waals surface area contributed by atoms with E-state index in [2.05, 4.69) is 5.32 Å². The highest BCUT2D eigenvalue weighted by Gasteiger charge is 2.01. The van der Waals surface area contributed by atoms with Gasteiger partial charge in [0.05, 0.1) is 6.61 Å². The van der Waals surface area contributed by atoms with Crippen LogP contribution in [0.4, 0.5) is 0 Å². The van der Waals surface area contributed by atoms with Gasteiger partial charge in [0.25, 0.3) is 5.56 Å². The SMILES string of the molecule is COCCNCCCn1ccc2ccccc2c1=O. The minimum absolute atomic E-state index is 0.0926. The Labute approximate surface area is 113 Å².